The van der Waals surface area contributed by atoms with E-state index in [1.807, 2.05) is 0 Å². The minimum absolute atomic E-state index is 0.0477. The van der Waals surface area contributed by atoms with Crippen LogP contribution in [0.3, 0.4) is 0 Å². The second kappa shape index (κ2) is 7.22. The molecular weight excluding hydrogens is 270 g/mol. The van der Waals surface area contributed by atoms with Crippen molar-refractivity contribution in [2.24, 2.45) is 0 Å². The zero-order chi connectivity index (χ0) is 14.3. The summed E-state index contributed by atoms with van der Waals surface area (Å²) < 4.78 is 33.1. The Hall–Kier alpha value is -1.44. The Morgan fingerprint density at radius 2 is 1.79 bits per heavy atom. The molecule has 0 saturated heterocycles. The van der Waals surface area contributed by atoms with Gasteiger partial charge in [-0.15, -0.1) is 0 Å². The van der Waals surface area contributed by atoms with Gasteiger partial charge in [-0.3, -0.25) is 4.79 Å². The number of hydrogen-bond donors (Lipinski definition) is 1. The number of carbonyl (C=O) groups excluding carboxylic acids is 1. The largest absolute Gasteiger partial charge is 0.384 e. The number of rotatable bonds is 7. The highest BCUT2D eigenvalue weighted by molar-refractivity contribution is 7.91. The molecule has 0 bridgehead atoms. The number of sulfone groups is 1. The van der Waals surface area contributed by atoms with E-state index in [9.17, 15) is 13.2 Å². The van der Waals surface area contributed by atoms with Crippen LogP contribution in [0, 0.1) is 0 Å². The molecule has 106 valence electrons. The van der Waals surface area contributed by atoms with Gasteiger partial charge >= 0.3 is 0 Å². The molecule has 0 heterocycles. The smallest absolute Gasteiger partial charge is 0.250 e. The maximum atomic E-state index is 11.8. The lowest BCUT2D eigenvalue weighted by Crippen LogP contribution is -2.17. The third-order valence-electron chi connectivity index (χ3n) is 2.33. The summed E-state index contributed by atoms with van der Waals surface area (Å²) in [5.74, 6) is -0.365. The number of amides is 1. The summed E-state index contributed by atoms with van der Waals surface area (Å²) in [4.78, 5) is 11.5. The van der Waals surface area contributed by atoms with Gasteiger partial charge in [-0.05, 0) is 24.3 Å². The minimum Gasteiger partial charge on any atom is -0.384 e. The lowest BCUT2D eigenvalue weighted by Gasteiger charge is -2.07. The molecular formula is C12H17NO5S. The van der Waals surface area contributed by atoms with Gasteiger partial charge in [-0.1, -0.05) is 0 Å². The zero-order valence-electron chi connectivity index (χ0n) is 10.9. The normalized spacial score (nSPS) is 11.3. The summed E-state index contributed by atoms with van der Waals surface area (Å²) in [5.41, 5.74) is 0.521. The quantitative estimate of drug-likeness (QED) is 0.798. The van der Waals surface area contributed by atoms with Crippen LogP contribution in [0.15, 0.2) is 29.2 Å². The Balaban J connectivity index is 2.73. The first-order chi connectivity index (χ1) is 8.99. The predicted molar refractivity (Wildman–Crippen MR) is 70.9 cm³/mol. The summed E-state index contributed by atoms with van der Waals surface area (Å²) >= 11 is 0. The summed E-state index contributed by atoms with van der Waals surface area (Å²) in [6, 6.07) is 5.97. The zero-order valence-corrected chi connectivity index (χ0v) is 11.7. The van der Waals surface area contributed by atoms with Crippen LogP contribution < -0.4 is 5.32 Å². The number of methoxy groups -OCH3 is 2. The van der Waals surface area contributed by atoms with Crippen molar-refractivity contribution in [3.05, 3.63) is 24.3 Å². The van der Waals surface area contributed by atoms with E-state index in [0.29, 0.717) is 5.69 Å². The van der Waals surface area contributed by atoms with Crippen molar-refractivity contribution in [2.75, 3.05) is 38.5 Å². The summed E-state index contributed by atoms with van der Waals surface area (Å²) in [5, 5.41) is 2.58. The molecule has 7 heteroatoms. The maximum Gasteiger partial charge on any atom is 0.250 e. The fourth-order valence-corrected chi connectivity index (χ4v) is 2.56. The Kier molecular flexibility index (Phi) is 5.94. The molecule has 0 aliphatic carbocycles. The number of ether oxygens (including phenoxy) is 2. The molecule has 0 aliphatic rings. The molecule has 0 radical (unpaired) electrons. The number of benzene rings is 1. The van der Waals surface area contributed by atoms with Crippen molar-refractivity contribution < 1.29 is 22.7 Å². The van der Waals surface area contributed by atoms with E-state index < -0.39 is 9.84 Å². The third-order valence-corrected chi connectivity index (χ3v) is 4.02. The fraction of sp³-hybridized carbons (Fsp3) is 0.417. The van der Waals surface area contributed by atoms with Gasteiger partial charge in [0.25, 0.3) is 0 Å². The van der Waals surface area contributed by atoms with Crippen molar-refractivity contribution in [2.45, 2.75) is 4.90 Å². The van der Waals surface area contributed by atoms with Gasteiger partial charge in [0.1, 0.15) is 6.61 Å². The van der Waals surface area contributed by atoms with Crippen molar-refractivity contribution in [1.29, 1.82) is 0 Å². The van der Waals surface area contributed by atoms with Crippen molar-refractivity contribution in [1.82, 2.24) is 0 Å². The Morgan fingerprint density at radius 3 is 2.32 bits per heavy atom. The van der Waals surface area contributed by atoms with Gasteiger partial charge in [0.05, 0.1) is 17.3 Å². The highest BCUT2D eigenvalue weighted by Crippen LogP contribution is 2.15. The second-order valence-corrected chi connectivity index (χ2v) is 5.93. The topological polar surface area (TPSA) is 81.7 Å². The summed E-state index contributed by atoms with van der Waals surface area (Å²) in [7, 11) is -0.470. The second-order valence-electron chi connectivity index (χ2n) is 3.82. The van der Waals surface area contributed by atoms with Gasteiger partial charge < -0.3 is 14.8 Å². The maximum absolute atomic E-state index is 11.8. The van der Waals surface area contributed by atoms with Gasteiger partial charge in [-0.2, -0.15) is 0 Å². The third kappa shape index (κ3) is 4.98. The summed E-state index contributed by atoms with van der Waals surface area (Å²) in [6.07, 6.45) is 0. The molecule has 1 aromatic rings. The molecule has 0 aromatic heterocycles. The molecule has 0 spiro atoms. The Morgan fingerprint density at radius 1 is 1.16 bits per heavy atom. The molecule has 0 saturated carbocycles. The Bertz CT molecular complexity index is 509. The van der Waals surface area contributed by atoms with Crippen LogP contribution in [0.5, 0.6) is 0 Å². The van der Waals surface area contributed by atoms with Crippen LogP contribution in [0.4, 0.5) is 5.69 Å². The lowest BCUT2D eigenvalue weighted by atomic mass is 10.3. The minimum atomic E-state index is -3.34. The van der Waals surface area contributed by atoms with Crippen LogP contribution in [0.1, 0.15) is 0 Å². The van der Waals surface area contributed by atoms with Crippen LogP contribution in [0.25, 0.3) is 0 Å². The van der Waals surface area contributed by atoms with Gasteiger partial charge in [0.2, 0.25) is 5.91 Å². The van der Waals surface area contributed by atoms with Crippen LogP contribution in [-0.2, 0) is 24.1 Å². The van der Waals surface area contributed by atoms with E-state index in [-0.39, 0.29) is 29.8 Å². The van der Waals surface area contributed by atoms with Crippen molar-refractivity contribution >= 4 is 21.4 Å². The SMILES string of the molecule is COCCS(=O)(=O)c1ccc(NC(=O)COC)cc1. The van der Waals surface area contributed by atoms with Crippen LogP contribution in [0.2, 0.25) is 0 Å². The molecule has 1 rings (SSSR count). The van der Waals surface area contributed by atoms with E-state index in [4.69, 9.17) is 4.74 Å². The molecule has 1 N–H and O–H groups in total. The Labute approximate surface area is 112 Å². The first-order valence-corrected chi connectivity index (χ1v) is 7.25. The van der Waals surface area contributed by atoms with Crippen molar-refractivity contribution in [3.8, 4) is 0 Å². The number of hydrogen-bond acceptors (Lipinski definition) is 5. The van der Waals surface area contributed by atoms with Crippen molar-refractivity contribution in [3.63, 3.8) is 0 Å². The first kappa shape index (κ1) is 15.6. The average Bonchev–Trinajstić information content (AvgIpc) is 2.37. The molecule has 6 nitrogen and oxygen atoms in total. The van der Waals surface area contributed by atoms with E-state index in [0.717, 1.165) is 0 Å². The van der Waals surface area contributed by atoms with Crippen LogP contribution >= 0.6 is 0 Å². The molecule has 1 aromatic carbocycles. The summed E-state index contributed by atoms with van der Waals surface area (Å²) in [6.45, 7) is 0.0998. The molecule has 1 amide bonds. The molecule has 19 heavy (non-hydrogen) atoms. The van der Waals surface area contributed by atoms with Gasteiger partial charge in [0, 0.05) is 19.9 Å². The van der Waals surface area contributed by atoms with E-state index in [2.05, 4.69) is 10.1 Å². The molecule has 0 atom stereocenters. The standard InChI is InChI=1S/C12H17NO5S/c1-17-7-8-19(15,16)11-5-3-10(4-6-11)13-12(14)9-18-2/h3-6H,7-9H2,1-2H3,(H,13,14). The fourth-order valence-electron chi connectivity index (χ4n) is 1.38. The monoisotopic (exact) mass is 287 g/mol. The first-order valence-electron chi connectivity index (χ1n) is 5.60. The molecule has 0 unspecified atom stereocenters. The van der Waals surface area contributed by atoms with Crippen LogP contribution in [-0.4, -0.2) is 47.5 Å². The van der Waals surface area contributed by atoms with E-state index in [1.54, 1.807) is 0 Å². The lowest BCUT2D eigenvalue weighted by molar-refractivity contribution is -0.119. The van der Waals surface area contributed by atoms with E-state index in [1.165, 1.54) is 38.5 Å². The number of carbonyl (C=O) groups is 1. The average molecular weight is 287 g/mol. The molecule has 0 fully saturated rings. The predicted octanol–water partition coefficient (Wildman–Crippen LogP) is 0.692. The number of nitrogens with one attached hydrogen (secondary N) is 1. The number of anilines is 1. The highest BCUT2D eigenvalue weighted by Gasteiger charge is 2.13. The molecule has 0 aliphatic heterocycles. The van der Waals surface area contributed by atoms with E-state index >= 15 is 0 Å². The van der Waals surface area contributed by atoms with Gasteiger partial charge in [-0.25, -0.2) is 8.42 Å². The highest BCUT2D eigenvalue weighted by atomic mass is 32.2. The van der Waals surface area contributed by atoms with Gasteiger partial charge in [0.15, 0.2) is 9.84 Å².